The van der Waals surface area contributed by atoms with Crippen molar-refractivity contribution in [2.24, 2.45) is 0 Å². The van der Waals surface area contributed by atoms with Crippen molar-refractivity contribution < 1.29 is 19.5 Å². The van der Waals surface area contributed by atoms with E-state index in [2.05, 4.69) is 11.2 Å². The minimum absolute atomic E-state index is 0.0566. The number of rotatable bonds is 15. The molecule has 30 heavy (non-hydrogen) atoms. The maximum Gasteiger partial charge on any atom is 0.243 e. The van der Waals surface area contributed by atoms with Crippen molar-refractivity contribution in [2.75, 3.05) is 32.1 Å². The second kappa shape index (κ2) is 15.6. The number of anilines is 1. The van der Waals surface area contributed by atoms with Gasteiger partial charge >= 0.3 is 0 Å². The van der Waals surface area contributed by atoms with Gasteiger partial charge in [0.1, 0.15) is 5.75 Å². The molecule has 166 valence electrons. The molecular weight excluding hydrogens is 406 g/mol. The highest BCUT2D eigenvalue weighted by atomic mass is 35.5. The Morgan fingerprint density at radius 3 is 2.47 bits per heavy atom. The van der Waals surface area contributed by atoms with Crippen LogP contribution in [0, 0.1) is 12.3 Å². The number of hydrogen-bond acceptors (Lipinski definition) is 5. The predicted octanol–water partition coefficient (Wildman–Crippen LogP) is 3.85. The first-order valence-electron chi connectivity index (χ1n) is 10.2. The van der Waals surface area contributed by atoms with Gasteiger partial charge in [-0.1, -0.05) is 36.8 Å². The molecule has 0 saturated heterocycles. The summed E-state index contributed by atoms with van der Waals surface area (Å²) in [7, 11) is 1.96. The summed E-state index contributed by atoms with van der Waals surface area (Å²) in [4.78, 5) is 25.1. The van der Waals surface area contributed by atoms with Crippen LogP contribution in [0.25, 0.3) is 0 Å². The number of amides is 2. The van der Waals surface area contributed by atoms with Crippen molar-refractivity contribution in [3.05, 3.63) is 23.2 Å². The Morgan fingerprint density at radius 1 is 1.13 bits per heavy atom. The molecule has 0 fully saturated rings. The third-order valence-electron chi connectivity index (χ3n) is 4.45. The quantitative estimate of drug-likeness (QED) is 0.168. The molecule has 1 rings (SSSR count). The van der Waals surface area contributed by atoms with E-state index in [1.54, 1.807) is 23.7 Å². The van der Waals surface area contributed by atoms with E-state index in [1.165, 1.54) is 0 Å². The molecule has 7 nitrogen and oxygen atoms in total. The van der Waals surface area contributed by atoms with Gasteiger partial charge in [0.2, 0.25) is 11.8 Å². The van der Waals surface area contributed by atoms with Crippen molar-refractivity contribution in [3.8, 4) is 18.1 Å². The molecule has 0 unspecified atom stereocenters. The number of unbranched alkanes of at least 4 members (excludes halogenated alkanes) is 4. The summed E-state index contributed by atoms with van der Waals surface area (Å²) in [5.41, 5.74) is 2.27. The highest BCUT2D eigenvalue weighted by molar-refractivity contribution is 6.32. The largest absolute Gasteiger partial charge is 0.492 e. The molecule has 0 saturated carbocycles. The molecule has 0 aromatic heterocycles. The van der Waals surface area contributed by atoms with Gasteiger partial charge in [-0.05, 0) is 38.4 Å². The SMILES string of the molecule is C#CCN(C)CCCOc1cc(NC(=O)CCCCCCCC(=O)NO)ccc1Cl. The molecule has 0 aliphatic rings. The molecule has 8 heteroatoms. The Bertz CT molecular complexity index is 706. The first kappa shape index (κ1) is 25.8. The summed E-state index contributed by atoms with van der Waals surface area (Å²) in [6, 6.07) is 5.19. The normalized spacial score (nSPS) is 10.5. The number of benzene rings is 1. The molecule has 0 aliphatic carbocycles. The molecule has 0 heterocycles. The van der Waals surface area contributed by atoms with Crippen LogP contribution in [0.5, 0.6) is 5.75 Å². The highest BCUT2D eigenvalue weighted by Crippen LogP contribution is 2.28. The van der Waals surface area contributed by atoms with Gasteiger partial charge in [0.05, 0.1) is 18.2 Å². The highest BCUT2D eigenvalue weighted by Gasteiger charge is 2.07. The summed E-state index contributed by atoms with van der Waals surface area (Å²) >= 11 is 6.18. The van der Waals surface area contributed by atoms with Gasteiger partial charge in [0, 0.05) is 31.1 Å². The van der Waals surface area contributed by atoms with Crippen LogP contribution >= 0.6 is 11.6 Å². The molecule has 0 atom stereocenters. The van der Waals surface area contributed by atoms with E-state index in [-0.39, 0.29) is 11.8 Å². The zero-order chi connectivity index (χ0) is 22.2. The number of hydroxylamine groups is 1. The standard InChI is InChI=1S/C22H32ClN3O4/c1-3-14-26(2)15-9-16-30-20-17-18(12-13-19(20)23)24-21(27)10-7-5-4-6-8-11-22(28)25-29/h1,12-13,17,29H,4-11,14-16H2,2H3,(H,24,27)(H,25,28). The molecule has 2 amide bonds. The second-order valence-electron chi connectivity index (χ2n) is 7.14. The molecule has 0 bridgehead atoms. The van der Waals surface area contributed by atoms with Crippen LogP contribution in [-0.4, -0.2) is 48.7 Å². The Morgan fingerprint density at radius 2 is 1.80 bits per heavy atom. The van der Waals surface area contributed by atoms with Crippen molar-refractivity contribution in [2.45, 2.75) is 51.4 Å². The summed E-state index contributed by atoms with van der Waals surface area (Å²) in [6.45, 7) is 1.93. The maximum absolute atomic E-state index is 12.1. The van der Waals surface area contributed by atoms with Crippen molar-refractivity contribution in [1.29, 1.82) is 0 Å². The summed E-state index contributed by atoms with van der Waals surface area (Å²) < 4.78 is 5.74. The Balaban J connectivity index is 2.27. The van der Waals surface area contributed by atoms with Crippen LogP contribution in [0.3, 0.4) is 0 Å². The number of carbonyl (C=O) groups excluding carboxylic acids is 2. The fourth-order valence-electron chi connectivity index (χ4n) is 2.82. The number of terminal acetylenes is 1. The molecule has 3 N–H and O–H groups in total. The van der Waals surface area contributed by atoms with Crippen LogP contribution in [-0.2, 0) is 9.59 Å². The number of nitrogens with one attached hydrogen (secondary N) is 2. The van der Waals surface area contributed by atoms with Crippen molar-refractivity contribution in [3.63, 3.8) is 0 Å². The fourth-order valence-corrected chi connectivity index (χ4v) is 3.00. The van der Waals surface area contributed by atoms with Crippen LogP contribution in [0.4, 0.5) is 5.69 Å². The Labute approximate surface area is 184 Å². The van der Waals surface area contributed by atoms with Crippen LogP contribution in [0.1, 0.15) is 51.4 Å². The lowest BCUT2D eigenvalue weighted by molar-refractivity contribution is -0.129. The number of halogens is 1. The predicted molar refractivity (Wildman–Crippen MR) is 119 cm³/mol. The summed E-state index contributed by atoms with van der Waals surface area (Å²) in [6.07, 6.45) is 11.1. The number of carbonyl (C=O) groups is 2. The zero-order valence-corrected chi connectivity index (χ0v) is 18.3. The van der Waals surface area contributed by atoms with Gasteiger partial charge in [-0.25, -0.2) is 5.48 Å². The average molecular weight is 438 g/mol. The molecule has 0 aliphatic heterocycles. The van der Waals surface area contributed by atoms with Gasteiger partial charge in [-0.3, -0.25) is 19.7 Å². The minimum Gasteiger partial charge on any atom is -0.492 e. The lowest BCUT2D eigenvalue weighted by Gasteiger charge is -2.14. The fraction of sp³-hybridized carbons (Fsp3) is 0.545. The lowest BCUT2D eigenvalue weighted by Crippen LogP contribution is -2.21. The van der Waals surface area contributed by atoms with Gasteiger partial charge in [-0.15, -0.1) is 6.42 Å². The molecule has 0 spiro atoms. The van der Waals surface area contributed by atoms with E-state index in [1.807, 2.05) is 11.9 Å². The molecular formula is C22H32ClN3O4. The molecule has 0 radical (unpaired) electrons. The number of nitrogens with zero attached hydrogens (tertiary/aromatic N) is 1. The maximum atomic E-state index is 12.1. The van der Waals surface area contributed by atoms with Crippen LogP contribution in [0.2, 0.25) is 5.02 Å². The average Bonchev–Trinajstić information content (AvgIpc) is 2.72. The van der Waals surface area contributed by atoms with E-state index in [0.717, 1.165) is 45.1 Å². The van der Waals surface area contributed by atoms with Gasteiger partial charge in [0.25, 0.3) is 0 Å². The van der Waals surface area contributed by atoms with Crippen molar-refractivity contribution >= 4 is 29.1 Å². The molecule has 1 aromatic rings. The smallest absolute Gasteiger partial charge is 0.243 e. The minimum atomic E-state index is -0.364. The van der Waals surface area contributed by atoms with Gasteiger partial charge in [0.15, 0.2) is 0 Å². The van der Waals surface area contributed by atoms with Gasteiger partial charge < -0.3 is 10.1 Å². The summed E-state index contributed by atoms with van der Waals surface area (Å²) in [5.74, 6) is 2.72. The van der Waals surface area contributed by atoms with E-state index in [9.17, 15) is 9.59 Å². The third-order valence-corrected chi connectivity index (χ3v) is 4.76. The lowest BCUT2D eigenvalue weighted by atomic mass is 10.1. The van der Waals surface area contributed by atoms with E-state index >= 15 is 0 Å². The Kier molecular flexibility index (Phi) is 13.4. The van der Waals surface area contributed by atoms with Crippen LogP contribution < -0.4 is 15.5 Å². The third kappa shape index (κ3) is 11.7. The zero-order valence-electron chi connectivity index (χ0n) is 17.6. The van der Waals surface area contributed by atoms with E-state index < -0.39 is 0 Å². The first-order chi connectivity index (χ1) is 14.5. The summed E-state index contributed by atoms with van der Waals surface area (Å²) in [5, 5.41) is 11.8. The monoisotopic (exact) mass is 437 g/mol. The van der Waals surface area contributed by atoms with E-state index in [4.69, 9.17) is 28.0 Å². The van der Waals surface area contributed by atoms with E-state index in [0.29, 0.717) is 42.5 Å². The second-order valence-corrected chi connectivity index (χ2v) is 7.55. The van der Waals surface area contributed by atoms with Crippen molar-refractivity contribution in [1.82, 2.24) is 10.4 Å². The Hall–Kier alpha value is -2.27. The number of ether oxygens (including phenoxy) is 1. The van der Waals surface area contributed by atoms with Crippen LogP contribution in [0.15, 0.2) is 18.2 Å². The van der Waals surface area contributed by atoms with Gasteiger partial charge in [-0.2, -0.15) is 0 Å². The topological polar surface area (TPSA) is 90.9 Å². The molecule has 1 aromatic carbocycles. The number of hydrogen-bond donors (Lipinski definition) is 3. The first-order valence-corrected chi connectivity index (χ1v) is 10.6.